The van der Waals surface area contributed by atoms with Gasteiger partial charge >= 0.3 is 0 Å². The van der Waals surface area contributed by atoms with Crippen molar-refractivity contribution in [2.24, 2.45) is 7.05 Å². The molecule has 0 aliphatic rings. The van der Waals surface area contributed by atoms with Crippen LogP contribution in [-0.2, 0) is 7.05 Å². The number of pyridine rings is 1. The molecular weight excluding hydrogens is 457 g/mol. The molecule has 1 aromatic heterocycles. The Labute approximate surface area is 186 Å². The van der Waals surface area contributed by atoms with Crippen LogP contribution in [0.2, 0.25) is 0 Å². The van der Waals surface area contributed by atoms with Gasteiger partial charge in [-0.1, -0.05) is 55.8 Å². The number of benzene rings is 2. The van der Waals surface area contributed by atoms with Crippen LogP contribution >= 0.6 is 0 Å². The number of halogens is 1. The molecule has 0 unspecified atom stereocenters. The van der Waals surface area contributed by atoms with Crippen molar-refractivity contribution in [2.75, 3.05) is 30.9 Å². The van der Waals surface area contributed by atoms with Crippen LogP contribution in [0, 0.1) is 0 Å². The van der Waals surface area contributed by atoms with Crippen molar-refractivity contribution in [3.05, 3.63) is 65.7 Å². The number of nitrogens with one attached hydrogen (secondary N) is 1. The lowest BCUT2D eigenvalue weighted by Gasteiger charge is -2.12. The molecule has 0 amide bonds. The van der Waals surface area contributed by atoms with Gasteiger partial charge in [0.15, 0.2) is 0 Å². The van der Waals surface area contributed by atoms with E-state index in [1.54, 1.807) is 0 Å². The summed E-state index contributed by atoms with van der Waals surface area (Å²) < 4.78 is 2.24. The maximum Gasteiger partial charge on any atom is 0.275 e. The van der Waals surface area contributed by atoms with Gasteiger partial charge in [-0.3, -0.25) is 5.32 Å². The summed E-state index contributed by atoms with van der Waals surface area (Å²) in [6, 6.07) is 19.5. The molecule has 0 atom stereocenters. The third-order valence-corrected chi connectivity index (χ3v) is 4.93. The second-order valence-corrected chi connectivity index (χ2v) is 7.16. The van der Waals surface area contributed by atoms with Crippen LogP contribution in [0.1, 0.15) is 30.9 Å². The Balaban J connectivity index is 0.00000280. The Morgan fingerprint density at radius 2 is 1.71 bits per heavy atom. The summed E-state index contributed by atoms with van der Waals surface area (Å²) in [4.78, 5) is 2.12. The highest BCUT2D eigenvalue weighted by atomic mass is 127. The van der Waals surface area contributed by atoms with Crippen LogP contribution in [0.3, 0.4) is 0 Å². The van der Waals surface area contributed by atoms with Gasteiger partial charge in [0.05, 0.1) is 13.6 Å². The fraction of sp³-hybridized carbons (Fsp3) is 0.292. The quantitative estimate of drug-likeness (QED) is 0.313. The monoisotopic (exact) mass is 487 g/mol. The Kier molecular flexibility index (Phi) is 8.30. The Morgan fingerprint density at radius 3 is 2.39 bits per heavy atom. The van der Waals surface area contributed by atoms with Gasteiger partial charge in [0.2, 0.25) is 0 Å². The van der Waals surface area contributed by atoms with Gasteiger partial charge in [0.1, 0.15) is 5.52 Å². The van der Waals surface area contributed by atoms with E-state index >= 15 is 0 Å². The van der Waals surface area contributed by atoms with Crippen molar-refractivity contribution in [3.63, 3.8) is 0 Å². The van der Waals surface area contributed by atoms with E-state index in [0.29, 0.717) is 0 Å². The van der Waals surface area contributed by atoms with E-state index in [2.05, 4.69) is 110 Å². The third kappa shape index (κ3) is 5.25. The van der Waals surface area contributed by atoms with Crippen molar-refractivity contribution in [1.82, 2.24) is 0 Å². The number of aromatic nitrogens is 1. The predicted molar refractivity (Wildman–Crippen MR) is 118 cm³/mol. The van der Waals surface area contributed by atoms with E-state index < -0.39 is 0 Å². The molecule has 3 aromatic rings. The van der Waals surface area contributed by atoms with Crippen LogP contribution in [0.5, 0.6) is 0 Å². The molecular formula is C24H30IN3. The zero-order valence-electron chi connectivity index (χ0n) is 17.2. The molecule has 0 fully saturated rings. The van der Waals surface area contributed by atoms with Crippen molar-refractivity contribution in [3.8, 4) is 0 Å². The van der Waals surface area contributed by atoms with Crippen molar-refractivity contribution >= 4 is 34.6 Å². The maximum absolute atomic E-state index is 3.59. The molecule has 1 heterocycles. The SMILES string of the molecule is CCCCNc1cc(/C=C/c2ccc(N(C)C)cc2)c2ccccc2[n+]1C.[I-]. The summed E-state index contributed by atoms with van der Waals surface area (Å²) in [5, 5.41) is 4.85. The van der Waals surface area contributed by atoms with E-state index in [-0.39, 0.29) is 24.0 Å². The number of aryl methyl sites for hydroxylation is 1. The van der Waals surface area contributed by atoms with Crippen LogP contribution in [0.15, 0.2) is 54.6 Å². The van der Waals surface area contributed by atoms with Crippen LogP contribution in [0.4, 0.5) is 11.5 Å². The van der Waals surface area contributed by atoms with Gasteiger partial charge in [0.25, 0.3) is 5.82 Å². The average Bonchev–Trinajstić information content (AvgIpc) is 2.69. The third-order valence-electron chi connectivity index (χ3n) is 4.93. The first-order valence-corrected chi connectivity index (χ1v) is 9.71. The number of nitrogens with zero attached hydrogens (tertiary/aromatic N) is 2. The van der Waals surface area contributed by atoms with Crippen molar-refractivity contribution in [1.29, 1.82) is 0 Å². The molecule has 3 rings (SSSR count). The molecule has 0 saturated carbocycles. The summed E-state index contributed by atoms with van der Waals surface area (Å²) in [6.45, 7) is 3.22. The first-order valence-electron chi connectivity index (χ1n) is 9.71. The minimum Gasteiger partial charge on any atom is -1.00 e. The fourth-order valence-corrected chi connectivity index (χ4v) is 3.23. The fourth-order valence-electron chi connectivity index (χ4n) is 3.23. The highest BCUT2D eigenvalue weighted by Gasteiger charge is 2.12. The lowest BCUT2D eigenvalue weighted by molar-refractivity contribution is -0.630. The molecule has 0 spiro atoms. The molecule has 0 aliphatic carbocycles. The summed E-state index contributed by atoms with van der Waals surface area (Å²) in [7, 11) is 6.26. The summed E-state index contributed by atoms with van der Waals surface area (Å²) in [6.07, 6.45) is 6.78. The molecule has 0 saturated heterocycles. The lowest BCUT2D eigenvalue weighted by atomic mass is 10.1. The lowest BCUT2D eigenvalue weighted by Crippen LogP contribution is -3.00. The summed E-state index contributed by atoms with van der Waals surface area (Å²) in [5.41, 5.74) is 4.89. The molecule has 148 valence electrons. The maximum atomic E-state index is 3.59. The van der Waals surface area contributed by atoms with Crippen molar-refractivity contribution in [2.45, 2.75) is 19.8 Å². The number of unbranched alkanes of at least 4 members (excludes halogenated alkanes) is 1. The van der Waals surface area contributed by atoms with Gasteiger partial charge in [0, 0.05) is 31.2 Å². The minimum atomic E-state index is 0. The second-order valence-electron chi connectivity index (χ2n) is 7.16. The zero-order chi connectivity index (χ0) is 19.2. The standard InChI is InChI=1S/C24H29N3.HI/c1-5-6-17-25-24-18-20(22-9-7-8-10-23(22)27(24)4)14-11-19-12-15-21(16-13-19)26(2)3;/h7-16,18H,5-6,17H2,1-4H3;1H/b14-11+;. The van der Waals surface area contributed by atoms with E-state index in [1.165, 1.54) is 40.6 Å². The number of fused-ring (bicyclic) bond motifs is 1. The van der Waals surface area contributed by atoms with Gasteiger partial charge in [-0.25, -0.2) is 4.57 Å². The van der Waals surface area contributed by atoms with Gasteiger partial charge < -0.3 is 28.9 Å². The van der Waals surface area contributed by atoms with Gasteiger partial charge in [-0.15, -0.1) is 0 Å². The molecule has 0 radical (unpaired) electrons. The highest BCUT2D eigenvalue weighted by Crippen LogP contribution is 2.22. The van der Waals surface area contributed by atoms with E-state index in [0.717, 1.165) is 12.4 Å². The van der Waals surface area contributed by atoms with Crippen molar-refractivity contribution < 1.29 is 28.5 Å². The first-order chi connectivity index (χ1) is 13.1. The Morgan fingerprint density at radius 1 is 1.00 bits per heavy atom. The van der Waals surface area contributed by atoms with Gasteiger partial charge in [-0.2, -0.15) is 0 Å². The zero-order valence-corrected chi connectivity index (χ0v) is 19.4. The van der Waals surface area contributed by atoms with Gasteiger partial charge in [-0.05, 0) is 35.7 Å². The topological polar surface area (TPSA) is 19.1 Å². The summed E-state index contributed by atoms with van der Waals surface area (Å²) in [5.74, 6) is 1.16. The summed E-state index contributed by atoms with van der Waals surface area (Å²) >= 11 is 0. The number of rotatable bonds is 7. The highest BCUT2D eigenvalue weighted by molar-refractivity contribution is 5.90. The number of hydrogen-bond acceptors (Lipinski definition) is 2. The molecule has 0 bridgehead atoms. The average molecular weight is 487 g/mol. The minimum absolute atomic E-state index is 0. The van der Waals surface area contributed by atoms with E-state index in [1.807, 2.05) is 0 Å². The Bertz CT molecular complexity index is 930. The van der Waals surface area contributed by atoms with Crippen LogP contribution < -0.4 is 38.8 Å². The second kappa shape index (κ2) is 10.5. The molecule has 2 aromatic carbocycles. The molecule has 0 aliphatic heterocycles. The molecule has 28 heavy (non-hydrogen) atoms. The number of anilines is 2. The van der Waals surface area contributed by atoms with Crippen LogP contribution in [-0.4, -0.2) is 20.6 Å². The molecule has 4 heteroatoms. The molecule has 3 nitrogen and oxygen atoms in total. The van der Waals surface area contributed by atoms with Crippen LogP contribution in [0.25, 0.3) is 23.1 Å². The van der Waals surface area contributed by atoms with E-state index in [4.69, 9.17) is 0 Å². The predicted octanol–water partition coefficient (Wildman–Crippen LogP) is 2.12. The number of para-hydroxylation sites is 1. The smallest absolute Gasteiger partial charge is 0.275 e. The largest absolute Gasteiger partial charge is 1.00 e. The Hall–Kier alpha value is -2.08. The first kappa shape index (κ1) is 22.2. The number of hydrogen-bond donors (Lipinski definition) is 1. The van der Waals surface area contributed by atoms with E-state index in [9.17, 15) is 0 Å². The molecule has 1 N–H and O–H groups in total. The normalized spacial score (nSPS) is 10.9.